The van der Waals surface area contributed by atoms with Gasteiger partial charge in [-0.1, -0.05) is 47.0 Å². The van der Waals surface area contributed by atoms with E-state index in [2.05, 4.69) is 39.5 Å². The van der Waals surface area contributed by atoms with Crippen LogP contribution in [0.3, 0.4) is 0 Å². The third kappa shape index (κ3) is 4.71. The Hall–Kier alpha value is -0.570. The zero-order chi connectivity index (χ0) is 17.0. The summed E-state index contributed by atoms with van der Waals surface area (Å²) in [7, 11) is 4.01. The molecule has 1 saturated carbocycles. The maximum absolute atomic E-state index is 12.9. The first kappa shape index (κ1) is 19.5. The van der Waals surface area contributed by atoms with Crippen molar-refractivity contribution in [2.24, 2.45) is 22.7 Å². The van der Waals surface area contributed by atoms with Crippen LogP contribution < -0.4 is 0 Å². The molecule has 1 aliphatic carbocycles. The molecule has 1 aliphatic rings. The van der Waals surface area contributed by atoms with Crippen molar-refractivity contribution in [2.45, 2.75) is 66.7 Å². The molecular weight excluding hydrogens is 274 g/mol. The van der Waals surface area contributed by atoms with E-state index >= 15 is 0 Å². The fraction of sp³-hybridized carbons (Fsp3) is 0.947. The van der Waals surface area contributed by atoms with Crippen LogP contribution in [0.4, 0.5) is 0 Å². The molecule has 0 aromatic heterocycles. The molecule has 0 aliphatic heterocycles. The number of carbonyl (C=O) groups is 1. The van der Waals surface area contributed by atoms with Crippen LogP contribution in [0.2, 0.25) is 0 Å². The van der Waals surface area contributed by atoms with Gasteiger partial charge >= 0.3 is 5.97 Å². The summed E-state index contributed by atoms with van der Waals surface area (Å²) < 4.78 is 5.67. The van der Waals surface area contributed by atoms with Crippen molar-refractivity contribution in [1.82, 2.24) is 4.90 Å². The second kappa shape index (κ2) is 7.81. The second-order valence-corrected chi connectivity index (χ2v) is 8.06. The SMILES string of the molecule is CCC1CC1C(C)(CC(C)(CC)CC)C(=O)OCCN(C)C. The molecule has 0 bridgehead atoms. The molecule has 22 heavy (non-hydrogen) atoms. The molecule has 0 aromatic rings. The molecule has 0 saturated heterocycles. The maximum Gasteiger partial charge on any atom is 0.312 e. The van der Waals surface area contributed by atoms with Crippen LogP contribution in [-0.2, 0) is 9.53 Å². The van der Waals surface area contributed by atoms with E-state index in [1.807, 2.05) is 14.1 Å². The van der Waals surface area contributed by atoms with Gasteiger partial charge in [0.05, 0.1) is 5.41 Å². The number of likely N-dealkylation sites (N-methyl/N-ethyl adjacent to an activating group) is 1. The highest BCUT2D eigenvalue weighted by atomic mass is 16.5. The first-order valence-corrected chi connectivity index (χ1v) is 9.04. The highest BCUT2D eigenvalue weighted by molar-refractivity contribution is 5.77. The van der Waals surface area contributed by atoms with E-state index in [9.17, 15) is 4.79 Å². The first-order chi connectivity index (χ1) is 10.2. The monoisotopic (exact) mass is 311 g/mol. The number of carbonyl (C=O) groups excluding carboxylic acids is 1. The normalized spacial score (nSPS) is 24.2. The van der Waals surface area contributed by atoms with E-state index < -0.39 is 0 Å². The molecular formula is C19H37NO2. The van der Waals surface area contributed by atoms with Gasteiger partial charge in [-0.05, 0) is 51.1 Å². The van der Waals surface area contributed by atoms with Crippen LogP contribution in [0.15, 0.2) is 0 Å². The number of ether oxygens (including phenoxy) is 1. The predicted octanol–water partition coefficient (Wildman–Crippen LogP) is 4.36. The lowest BCUT2D eigenvalue weighted by atomic mass is 9.67. The summed E-state index contributed by atoms with van der Waals surface area (Å²) in [5.74, 6) is 1.26. The van der Waals surface area contributed by atoms with Gasteiger partial charge in [-0.3, -0.25) is 4.79 Å². The molecule has 3 unspecified atom stereocenters. The topological polar surface area (TPSA) is 29.5 Å². The van der Waals surface area contributed by atoms with E-state index in [4.69, 9.17) is 4.74 Å². The number of nitrogens with zero attached hydrogens (tertiary/aromatic N) is 1. The second-order valence-electron chi connectivity index (χ2n) is 8.06. The maximum atomic E-state index is 12.9. The summed E-state index contributed by atoms with van der Waals surface area (Å²) in [6, 6.07) is 0. The minimum absolute atomic E-state index is 0.0309. The highest BCUT2D eigenvalue weighted by Gasteiger charge is 2.55. The van der Waals surface area contributed by atoms with E-state index in [0.29, 0.717) is 18.4 Å². The molecule has 1 rings (SSSR count). The standard InChI is InChI=1S/C19H37NO2/c1-8-15-13-16(15)19(5,14-18(4,9-2)10-3)17(21)22-12-11-20(6)7/h15-16H,8-14H2,1-7H3. The summed E-state index contributed by atoms with van der Waals surface area (Å²) in [5, 5.41) is 0. The Labute approximate surface area is 137 Å². The molecule has 0 spiro atoms. The van der Waals surface area contributed by atoms with E-state index in [-0.39, 0.29) is 16.8 Å². The Morgan fingerprint density at radius 2 is 1.77 bits per heavy atom. The van der Waals surface area contributed by atoms with E-state index in [0.717, 1.165) is 25.8 Å². The Morgan fingerprint density at radius 1 is 1.18 bits per heavy atom. The molecule has 0 amide bonds. The molecule has 1 fully saturated rings. The van der Waals surface area contributed by atoms with Crippen LogP contribution in [0.5, 0.6) is 0 Å². The number of hydrogen-bond acceptors (Lipinski definition) is 3. The van der Waals surface area contributed by atoms with Crippen molar-refractivity contribution >= 4 is 5.97 Å². The van der Waals surface area contributed by atoms with Gasteiger partial charge in [0, 0.05) is 6.54 Å². The smallest absolute Gasteiger partial charge is 0.312 e. The fourth-order valence-corrected chi connectivity index (χ4v) is 3.71. The molecule has 0 N–H and O–H groups in total. The van der Waals surface area contributed by atoms with Crippen LogP contribution in [0.1, 0.15) is 66.7 Å². The van der Waals surface area contributed by atoms with Crippen molar-refractivity contribution in [2.75, 3.05) is 27.2 Å². The zero-order valence-corrected chi connectivity index (χ0v) is 15.9. The third-order valence-corrected chi connectivity index (χ3v) is 6.00. The van der Waals surface area contributed by atoms with Crippen molar-refractivity contribution in [3.8, 4) is 0 Å². The van der Waals surface area contributed by atoms with Gasteiger partial charge in [0.15, 0.2) is 0 Å². The quantitative estimate of drug-likeness (QED) is 0.561. The van der Waals surface area contributed by atoms with Crippen molar-refractivity contribution in [1.29, 1.82) is 0 Å². The molecule has 3 heteroatoms. The fourth-order valence-electron chi connectivity index (χ4n) is 3.71. The summed E-state index contributed by atoms with van der Waals surface area (Å²) in [4.78, 5) is 14.9. The van der Waals surface area contributed by atoms with Gasteiger partial charge in [-0.2, -0.15) is 0 Å². The van der Waals surface area contributed by atoms with Crippen molar-refractivity contribution in [3.05, 3.63) is 0 Å². The van der Waals surface area contributed by atoms with Gasteiger partial charge < -0.3 is 9.64 Å². The predicted molar refractivity (Wildman–Crippen MR) is 92.8 cm³/mol. The van der Waals surface area contributed by atoms with Crippen molar-refractivity contribution in [3.63, 3.8) is 0 Å². The molecule has 0 heterocycles. The third-order valence-electron chi connectivity index (χ3n) is 6.00. The summed E-state index contributed by atoms with van der Waals surface area (Å²) in [6.45, 7) is 12.5. The minimum atomic E-state index is -0.312. The minimum Gasteiger partial charge on any atom is -0.464 e. The van der Waals surface area contributed by atoms with Crippen LogP contribution >= 0.6 is 0 Å². The van der Waals surface area contributed by atoms with E-state index in [1.165, 1.54) is 12.8 Å². The van der Waals surface area contributed by atoms with Gasteiger partial charge in [0.1, 0.15) is 6.61 Å². The van der Waals surface area contributed by atoms with Gasteiger partial charge in [0.2, 0.25) is 0 Å². The summed E-state index contributed by atoms with van der Waals surface area (Å²) in [6.07, 6.45) is 5.57. The van der Waals surface area contributed by atoms with E-state index in [1.54, 1.807) is 0 Å². The molecule has 0 radical (unpaired) electrons. The lowest BCUT2D eigenvalue weighted by Crippen LogP contribution is -2.39. The van der Waals surface area contributed by atoms with Gasteiger partial charge in [-0.25, -0.2) is 0 Å². The lowest BCUT2D eigenvalue weighted by molar-refractivity contribution is -0.159. The average Bonchev–Trinajstić information content (AvgIpc) is 3.26. The van der Waals surface area contributed by atoms with Crippen LogP contribution in [0.25, 0.3) is 0 Å². The largest absolute Gasteiger partial charge is 0.464 e. The summed E-state index contributed by atoms with van der Waals surface area (Å²) >= 11 is 0. The number of hydrogen-bond donors (Lipinski definition) is 0. The Kier molecular flexibility index (Phi) is 6.91. The lowest BCUT2D eigenvalue weighted by Gasteiger charge is -2.38. The zero-order valence-electron chi connectivity index (χ0n) is 15.9. The highest BCUT2D eigenvalue weighted by Crippen LogP contribution is 2.57. The Morgan fingerprint density at radius 3 is 2.18 bits per heavy atom. The number of esters is 1. The molecule has 3 nitrogen and oxygen atoms in total. The first-order valence-electron chi connectivity index (χ1n) is 9.04. The van der Waals surface area contributed by atoms with Gasteiger partial charge in [-0.15, -0.1) is 0 Å². The van der Waals surface area contributed by atoms with Crippen LogP contribution in [0, 0.1) is 22.7 Å². The molecule has 130 valence electrons. The van der Waals surface area contributed by atoms with Crippen LogP contribution in [-0.4, -0.2) is 38.1 Å². The Bertz CT molecular complexity index is 362. The van der Waals surface area contributed by atoms with Crippen molar-refractivity contribution < 1.29 is 9.53 Å². The number of rotatable bonds is 10. The average molecular weight is 312 g/mol. The summed E-state index contributed by atoms with van der Waals surface area (Å²) in [5.41, 5.74) is -0.0794. The Balaban J connectivity index is 2.81. The van der Waals surface area contributed by atoms with Gasteiger partial charge in [0.25, 0.3) is 0 Å². The molecule has 0 aromatic carbocycles. The molecule has 3 atom stereocenters.